The van der Waals surface area contributed by atoms with Gasteiger partial charge in [-0.1, -0.05) is 27.7 Å². The Morgan fingerprint density at radius 1 is 0.977 bits per heavy atom. The number of nitrogens with one attached hydrogen (secondary N) is 2. The van der Waals surface area contributed by atoms with Crippen molar-refractivity contribution in [3.05, 3.63) is 0 Å². The third kappa shape index (κ3) is 8.45. The van der Waals surface area contributed by atoms with Crippen LogP contribution in [0.1, 0.15) is 111 Å². The number of carbonyl (C=O) groups is 1. The summed E-state index contributed by atoms with van der Waals surface area (Å²) in [5.74, 6) is 2.39. The number of aliphatic hydroxyl groups excluding tert-OH is 1. The topological polar surface area (TPSA) is 151 Å². The van der Waals surface area contributed by atoms with Gasteiger partial charge in [0.25, 0.3) is 0 Å². The Bertz CT molecular complexity index is 1040. The number of hydrogen-bond donors (Lipinski definition) is 5. The Labute approximate surface area is 267 Å². The molecule has 0 amide bonds. The van der Waals surface area contributed by atoms with Gasteiger partial charge in [0.1, 0.15) is 5.78 Å². The highest BCUT2D eigenvalue weighted by Crippen LogP contribution is 2.68. The van der Waals surface area contributed by atoms with Crippen LogP contribution in [-0.2, 0) is 19.4 Å². The predicted molar refractivity (Wildman–Crippen MR) is 174 cm³/mol. The van der Waals surface area contributed by atoms with Crippen LogP contribution in [0.3, 0.4) is 0 Å². The van der Waals surface area contributed by atoms with Gasteiger partial charge < -0.3 is 21.5 Å². The van der Waals surface area contributed by atoms with Crippen LogP contribution in [0.25, 0.3) is 0 Å². The molecule has 5 unspecified atom stereocenters. The number of aliphatic hydroxyl groups is 1. The average molecular weight is 642 g/mol. The lowest BCUT2D eigenvalue weighted by Gasteiger charge is -2.62. The van der Waals surface area contributed by atoms with Gasteiger partial charge in [-0.15, -0.1) is 0 Å². The summed E-state index contributed by atoms with van der Waals surface area (Å²) in [5.41, 5.74) is 6.07. The highest BCUT2D eigenvalue weighted by Gasteiger charge is 2.62. The molecule has 6 N–H and O–H groups in total. The number of ketones is 1. The molecule has 0 spiro atoms. The first kappa shape index (κ1) is 36.2. The SMILES string of the molecule is CC(COS(=O)(=O)O)C(=O)CCC(C)[C@H]1CCC2C3C(CC[C@@]21C)[C@@]1(C)CC[C@H](NCCCNCCCCN)C[C@@H]1C[C@H]3O. The normalized spacial score (nSPS) is 38.4. The first-order valence-electron chi connectivity index (χ1n) is 17.8. The Hall–Kier alpha value is -0.620. The number of carbonyl (C=O) groups excluding carboxylic acids is 1. The van der Waals surface area contributed by atoms with Crippen LogP contribution in [-0.4, -0.2) is 68.8 Å². The van der Waals surface area contributed by atoms with Crippen LogP contribution >= 0.6 is 0 Å². The van der Waals surface area contributed by atoms with Crippen molar-refractivity contribution < 1.29 is 27.1 Å². The van der Waals surface area contributed by atoms with E-state index in [0.717, 1.165) is 64.7 Å². The van der Waals surface area contributed by atoms with E-state index in [1.807, 2.05) is 0 Å². The van der Waals surface area contributed by atoms with Gasteiger partial charge in [-0.3, -0.25) is 9.35 Å². The lowest BCUT2D eigenvalue weighted by Crippen LogP contribution is -2.59. The molecule has 4 saturated carbocycles. The Kier molecular flexibility index (Phi) is 12.8. The molecule has 256 valence electrons. The second-order valence-corrected chi connectivity index (χ2v) is 16.7. The quantitative estimate of drug-likeness (QED) is 0.112. The van der Waals surface area contributed by atoms with Crippen molar-refractivity contribution in [1.82, 2.24) is 10.6 Å². The van der Waals surface area contributed by atoms with E-state index in [4.69, 9.17) is 10.3 Å². The largest absolute Gasteiger partial charge is 0.397 e. The minimum atomic E-state index is -4.54. The number of Topliss-reactive ketones (excluding diaryl/α,β-unsaturated/α-hetero) is 1. The lowest BCUT2D eigenvalue weighted by atomic mass is 9.43. The molecule has 0 heterocycles. The number of hydrogen-bond acceptors (Lipinski definition) is 8. The minimum Gasteiger partial charge on any atom is -0.393 e. The van der Waals surface area contributed by atoms with Crippen molar-refractivity contribution in [2.45, 2.75) is 123 Å². The molecular weight excluding hydrogens is 578 g/mol. The summed E-state index contributed by atoms with van der Waals surface area (Å²) in [6.45, 7) is 12.6. The van der Waals surface area contributed by atoms with Crippen molar-refractivity contribution in [3.63, 3.8) is 0 Å². The third-order valence-corrected chi connectivity index (χ3v) is 13.5. The molecule has 4 aliphatic rings. The van der Waals surface area contributed by atoms with Crippen molar-refractivity contribution >= 4 is 16.2 Å². The van der Waals surface area contributed by atoms with Gasteiger partial charge in [-0.25, -0.2) is 4.18 Å². The second kappa shape index (κ2) is 15.5. The molecule has 0 aromatic rings. The number of fused-ring (bicyclic) bond motifs is 5. The van der Waals surface area contributed by atoms with Crippen LogP contribution in [0, 0.1) is 52.3 Å². The molecular formula is C34H63N3O6S. The molecule has 4 rings (SSSR count). The summed E-state index contributed by atoms with van der Waals surface area (Å²) < 4.78 is 35.0. The zero-order valence-corrected chi connectivity index (χ0v) is 28.8. The van der Waals surface area contributed by atoms with Gasteiger partial charge in [0.2, 0.25) is 0 Å². The zero-order valence-electron chi connectivity index (χ0n) is 27.9. The zero-order chi connectivity index (χ0) is 32.1. The lowest BCUT2D eigenvalue weighted by molar-refractivity contribution is -0.167. The molecule has 4 fully saturated rings. The highest BCUT2D eigenvalue weighted by molar-refractivity contribution is 7.80. The van der Waals surface area contributed by atoms with Crippen molar-refractivity contribution in [3.8, 4) is 0 Å². The van der Waals surface area contributed by atoms with E-state index in [1.54, 1.807) is 6.92 Å². The van der Waals surface area contributed by atoms with Gasteiger partial charge in [0, 0.05) is 18.4 Å². The Morgan fingerprint density at radius 2 is 1.68 bits per heavy atom. The molecule has 0 radical (unpaired) electrons. The highest BCUT2D eigenvalue weighted by atomic mass is 32.3. The molecule has 0 aromatic heterocycles. The van der Waals surface area contributed by atoms with Crippen LogP contribution in [0.2, 0.25) is 0 Å². The maximum Gasteiger partial charge on any atom is 0.397 e. The van der Waals surface area contributed by atoms with E-state index >= 15 is 0 Å². The van der Waals surface area contributed by atoms with E-state index < -0.39 is 16.3 Å². The summed E-state index contributed by atoms with van der Waals surface area (Å²) in [5, 5.41) is 19.1. The fourth-order valence-electron chi connectivity index (χ4n) is 10.5. The minimum absolute atomic E-state index is 0.0225. The average Bonchev–Trinajstić information content (AvgIpc) is 3.33. The second-order valence-electron chi connectivity index (χ2n) is 15.6. The van der Waals surface area contributed by atoms with E-state index in [1.165, 1.54) is 38.5 Å². The van der Waals surface area contributed by atoms with E-state index in [2.05, 4.69) is 35.6 Å². The molecule has 0 aliphatic heterocycles. The fraction of sp³-hybridized carbons (Fsp3) is 0.971. The fourth-order valence-corrected chi connectivity index (χ4v) is 10.9. The van der Waals surface area contributed by atoms with Gasteiger partial charge >= 0.3 is 10.4 Å². The standard InChI is InChI=1S/C34H63N3O6S/c1-23(8-11-30(38)24(2)22-43-44(40,41)42)27-9-10-28-32-29(13-15-34(27,28)4)33(3)14-12-26(20-25(33)21-31(32)39)37-19-7-18-36-17-6-5-16-35/h23-29,31-32,36-37,39H,5-22,35H2,1-4H3,(H,40,41,42)/t23?,24?,25-,26+,27-,28?,29?,31-,32?,33+,34-/m1/s1. The van der Waals surface area contributed by atoms with Gasteiger partial charge in [0.05, 0.1) is 12.7 Å². The smallest absolute Gasteiger partial charge is 0.393 e. The van der Waals surface area contributed by atoms with Gasteiger partial charge in [-0.2, -0.15) is 8.42 Å². The van der Waals surface area contributed by atoms with Crippen LogP contribution in [0.15, 0.2) is 0 Å². The van der Waals surface area contributed by atoms with Crippen LogP contribution < -0.4 is 16.4 Å². The molecule has 4 aliphatic carbocycles. The predicted octanol–water partition coefficient (Wildman–Crippen LogP) is 4.73. The monoisotopic (exact) mass is 641 g/mol. The van der Waals surface area contributed by atoms with Crippen molar-refractivity contribution in [2.75, 3.05) is 32.8 Å². The molecule has 10 heteroatoms. The molecule has 0 bridgehead atoms. The molecule has 9 nitrogen and oxygen atoms in total. The van der Waals surface area contributed by atoms with Crippen LogP contribution in [0.4, 0.5) is 0 Å². The maximum absolute atomic E-state index is 12.7. The molecule has 0 aromatic carbocycles. The van der Waals surface area contributed by atoms with Crippen molar-refractivity contribution in [1.29, 1.82) is 0 Å². The summed E-state index contributed by atoms with van der Waals surface area (Å²) in [6.07, 6.45) is 13.7. The molecule has 11 atom stereocenters. The number of rotatable bonds is 17. The molecule has 0 saturated heterocycles. The Morgan fingerprint density at radius 3 is 2.41 bits per heavy atom. The van der Waals surface area contributed by atoms with E-state index in [9.17, 15) is 18.3 Å². The van der Waals surface area contributed by atoms with E-state index in [-0.39, 0.29) is 23.9 Å². The summed E-state index contributed by atoms with van der Waals surface area (Å²) >= 11 is 0. The van der Waals surface area contributed by atoms with Gasteiger partial charge in [-0.05, 0) is 150 Å². The summed E-state index contributed by atoms with van der Waals surface area (Å²) in [6, 6.07) is 0.560. The van der Waals surface area contributed by atoms with Crippen LogP contribution in [0.5, 0.6) is 0 Å². The first-order chi connectivity index (χ1) is 20.8. The molecule has 44 heavy (non-hydrogen) atoms. The number of unbranched alkanes of at least 4 members (excludes halogenated alkanes) is 1. The summed E-state index contributed by atoms with van der Waals surface area (Å²) in [4.78, 5) is 12.7. The first-order valence-corrected chi connectivity index (χ1v) is 19.1. The van der Waals surface area contributed by atoms with Crippen molar-refractivity contribution in [2.24, 2.45) is 58.0 Å². The van der Waals surface area contributed by atoms with E-state index in [0.29, 0.717) is 53.4 Å². The summed E-state index contributed by atoms with van der Waals surface area (Å²) in [7, 11) is -4.54. The van der Waals surface area contributed by atoms with Gasteiger partial charge in [0.15, 0.2) is 0 Å². The number of nitrogens with two attached hydrogens (primary N) is 1. The maximum atomic E-state index is 12.7. The third-order valence-electron chi connectivity index (χ3n) is 13.1. The Balaban J connectivity index is 1.28.